The lowest BCUT2D eigenvalue weighted by atomic mass is 9.92. The van der Waals surface area contributed by atoms with Crippen LogP contribution in [0.15, 0.2) is 24.7 Å². The number of hydrogen-bond acceptors (Lipinski definition) is 5. The monoisotopic (exact) mass is 373 g/mol. The third-order valence-electron chi connectivity index (χ3n) is 4.64. The van der Waals surface area contributed by atoms with Gasteiger partial charge in [0.2, 0.25) is 0 Å². The minimum absolute atomic E-state index is 0.106. The summed E-state index contributed by atoms with van der Waals surface area (Å²) < 4.78 is 16.2. The van der Waals surface area contributed by atoms with E-state index in [0.29, 0.717) is 23.4 Å². The number of carbonyl (C=O) groups is 1. The number of amides is 1. The Morgan fingerprint density at radius 2 is 2.31 bits per heavy atom. The Labute approximate surface area is 154 Å². The predicted molar refractivity (Wildman–Crippen MR) is 99.4 cm³/mol. The van der Waals surface area contributed by atoms with Crippen LogP contribution in [0.4, 0.5) is 10.2 Å². The Morgan fingerprint density at radius 1 is 1.46 bits per heavy atom. The summed E-state index contributed by atoms with van der Waals surface area (Å²) in [6.07, 6.45) is 7.01. The molecule has 4 rings (SSSR count). The fraction of sp³-hybridized carbons (Fsp3) is 0.389. The molecule has 136 valence electrons. The maximum atomic E-state index is 14.4. The summed E-state index contributed by atoms with van der Waals surface area (Å²) in [6, 6.07) is 1.92. The van der Waals surface area contributed by atoms with Gasteiger partial charge in [-0.05, 0) is 45.2 Å². The number of thiophene rings is 1. The molecule has 2 atom stereocenters. The molecule has 3 aromatic heterocycles. The van der Waals surface area contributed by atoms with Gasteiger partial charge in [0, 0.05) is 17.1 Å². The molecular weight excluding hydrogens is 353 g/mol. The van der Waals surface area contributed by atoms with E-state index in [1.165, 1.54) is 17.4 Å². The molecule has 2 N–H and O–H groups in total. The van der Waals surface area contributed by atoms with Crippen LogP contribution in [0.3, 0.4) is 0 Å². The van der Waals surface area contributed by atoms with Crippen LogP contribution in [-0.4, -0.2) is 32.9 Å². The second-order valence-corrected chi connectivity index (χ2v) is 7.86. The third-order valence-corrected chi connectivity index (χ3v) is 5.91. The average molecular weight is 373 g/mol. The lowest BCUT2D eigenvalue weighted by molar-refractivity contribution is 0.102. The van der Waals surface area contributed by atoms with Gasteiger partial charge in [-0.25, -0.2) is 14.4 Å². The number of rotatable bonds is 3. The number of fused-ring (bicyclic) bond motifs is 1. The zero-order valence-electron chi connectivity index (χ0n) is 14.6. The van der Waals surface area contributed by atoms with Crippen LogP contribution >= 0.6 is 11.3 Å². The van der Waals surface area contributed by atoms with Gasteiger partial charge in [0.1, 0.15) is 16.5 Å². The van der Waals surface area contributed by atoms with E-state index in [1.807, 2.05) is 13.1 Å². The Morgan fingerprint density at radius 3 is 3.12 bits per heavy atom. The van der Waals surface area contributed by atoms with Crippen molar-refractivity contribution in [3.8, 4) is 0 Å². The maximum Gasteiger partial charge on any atom is 0.269 e. The van der Waals surface area contributed by atoms with Crippen molar-refractivity contribution >= 4 is 28.7 Å². The number of aryl methyl sites for hydroxylation is 1. The van der Waals surface area contributed by atoms with E-state index in [0.717, 1.165) is 30.0 Å². The number of imidazole rings is 1. The minimum Gasteiger partial charge on any atom is -0.314 e. The van der Waals surface area contributed by atoms with Gasteiger partial charge in [-0.1, -0.05) is 0 Å². The molecule has 0 bridgehead atoms. The van der Waals surface area contributed by atoms with Gasteiger partial charge in [-0.15, -0.1) is 11.3 Å². The zero-order valence-corrected chi connectivity index (χ0v) is 15.4. The molecule has 1 amide bonds. The van der Waals surface area contributed by atoms with Crippen molar-refractivity contribution in [2.24, 2.45) is 0 Å². The fourth-order valence-electron chi connectivity index (χ4n) is 3.40. The highest BCUT2D eigenvalue weighted by molar-refractivity contribution is 7.14. The highest BCUT2D eigenvalue weighted by Crippen LogP contribution is 2.34. The van der Waals surface area contributed by atoms with Crippen LogP contribution in [-0.2, 0) is 0 Å². The number of anilines is 1. The second kappa shape index (κ2) is 6.77. The van der Waals surface area contributed by atoms with Gasteiger partial charge in [0.25, 0.3) is 5.91 Å². The van der Waals surface area contributed by atoms with Gasteiger partial charge in [-0.3, -0.25) is 4.79 Å². The third kappa shape index (κ3) is 3.34. The Hall–Kier alpha value is -2.32. The normalized spacial score (nSPS) is 20.4. The Kier molecular flexibility index (Phi) is 4.46. The molecule has 0 aliphatic carbocycles. The Balaban J connectivity index is 1.53. The standard InChI is InChI=1S/C18H20FN5OS/c1-10-5-12(3-4-20-10)14-6-13(19)17(26-14)18(25)23-15-9-24-8-11(2)22-16(24)7-21-15/h6-10,12,20H,3-5H2,1-2H3,(H,23,25). The van der Waals surface area contributed by atoms with Crippen molar-refractivity contribution in [3.05, 3.63) is 45.9 Å². The molecule has 0 spiro atoms. The summed E-state index contributed by atoms with van der Waals surface area (Å²) in [5.41, 5.74) is 1.56. The summed E-state index contributed by atoms with van der Waals surface area (Å²) in [7, 11) is 0. The topological polar surface area (TPSA) is 71.3 Å². The van der Waals surface area contributed by atoms with E-state index in [4.69, 9.17) is 0 Å². The van der Waals surface area contributed by atoms with Crippen LogP contribution in [0.2, 0.25) is 0 Å². The predicted octanol–water partition coefficient (Wildman–Crippen LogP) is 3.35. The van der Waals surface area contributed by atoms with Crippen LogP contribution in [0.5, 0.6) is 0 Å². The number of nitrogens with one attached hydrogen (secondary N) is 2. The molecule has 2 unspecified atom stereocenters. The highest BCUT2D eigenvalue weighted by Gasteiger charge is 2.25. The van der Waals surface area contributed by atoms with E-state index < -0.39 is 11.7 Å². The van der Waals surface area contributed by atoms with Gasteiger partial charge in [-0.2, -0.15) is 0 Å². The van der Waals surface area contributed by atoms with Crippen molar-refractivity contribution in [1.82, 2.24) is 19.7 Å². The van der Waals surface area contributed by atoms with Gasteiger partial charge >= 0.3 is 0 Å². The minimum atomic E-state index is -0.468. The number of halogens is 1. The van der Waals surface area contributed by atoms with Crippen molar-refractivity contribution in [2.75, 3.05) is 11.9 Å². The lowest BCUT2D eigenvalue weighted by Gasteiger charge is -2.27. The summed E-state index contributed by atoms with van der Waals surface area (Å²) in [4.78, 5) is 22.0. The summed E-state index contributed by atoms with van der Waals surface area (Å²) in [6.45, 7) is 4.93. The molecular formula is C18H20FN5OS. The summed E-state index contributed by atoms with van der Waals surface area (Å²) >= 11 is 1.24. The Bertz CT molecular complexity index is 966. The van der Waals surface area contributed by atoms with Crippen molar-refractivity contribution in [1.29, 1.82) is 0 Å². The molecule has 1 aliphatic rings. The molecule has 6 nitrogen and oxygen atoms in total. The van der Waals surface area contributed by atoms with Crippen LogP contribution in [0.25, 0.3) is 5.65 Å². The molecule has 1 fully saturated rings. The highest BCUT2D eigenvalue weighted by atomic mass is 32.1. The van der Waals surface area contributed by atoms with Gasteiger partial charge in [0.05, 0.1) is 18.1 Å². The molecule has 0 saturated carbocycles. The van der Waals surface area contributed by atoms with Gasteiger partial charge < -0.3 is 15.0 Å². The van der Waals surface area contributed by atoms with Crippen LogP contribution < -0.4 is 10.6 Å². The molecule has 4 heterocycles. The zero-order chi connectivity index (χ0) is 18.3. The lowest BCUT2D eigenvalue weighted by Crippen LogP contribution is -2.34. The summed E-state index contributed by atoms with van der Waals surface area (Å²) in [5, 5.41) is 6.08. The number of hydrogen-bond donors (Lipinski definition) is 2. The molecule has 1 saturated heterocycles. The van der Waals surface area contributed by atoms with E-state index in [1.54, 1.807) is 16.8 Å². The SMILES string of the molecule is Cc1cn2cc(NC(=O)c3sc(C4CCNC(C)C4)cc3F)ncc2n1. The van der Waals surface area contributed by atoms with E-state index in [9.17, 15) is 9.18 Å². The van der Waals surface area contributed by atoms with E-state index >= 15 is 0 Å². The molecule has 3 aromatic rings. The first-order valence-corrected chi connectivity index (χ1v) is 9.46. The smallest absolute Gasteiger partial charge is 0.269 e. The molecule has 26 heavy (non-hydrogen) atoms. The van der Waals surface area contributed by atoms with E-state index in [-0.39, 0.29) is 4.88 Å². The largest absolute Gasteiger partial charge is 0.314 e. The summed E-state index contributed by atoms with van der Waals surface area (Å²) in [5.74, 6) is -0.266. The molecule has 1 aliphatic heterocycles. The first-order chi connectivity index (χ1) is 12.5. The average Bonchev–Trinajstić information content (AvgIpc) is 3.16. The van der Waals surface area contributed by atoms with Crippen molar-refractivity contribution < 1.29 is 9.18 Å². The molecule has 0 radical (unpaired) electrons. The van der Waals surface area contributed by atoms with Crippen molar-refractivity contribution in [3.63, 3.8) is 0 Å². The van der Waals surface area contributed by atoms with Crippen LogP contribution in [0, 0.1) is 12.7 Å². The fourth-order valence-corrected chi connectivity index (χ4v) is 4.48. The number of piperidine rings is 1. The first-order valence-electron chi connectivity index (χ1n) is 8.65. The van der Waals surface area contributed by atoms with Crippen molar-refractivity contribution in [2.45, 2.75) is 38.6 Å². The molecule has 8 heteroatoms. The van der Waals surface area contributed by atoms with Crippen LogP contribution in [0.1, 0.15) is 45.9 Å². The molecule has 0 aromatic carbocycles. The van der Waals surface area contributed by atoms with Gasteiger partial charge in [0.15, 0.2) is 5.65 Å². The quantitative estimate of drug-likeness (QED) is 0.739. The maximum absolute atomic E-state index is 14.4. The number of nitrogens with zero attached hydrogens (tertiary/aromatic N) is 3. The second-order valence-electron chi connectivity index (χ2n) is 6.78. The van der Waals surface area contributed by atoms with E-state index in [2.05, 4.69) is 27.5 Å². The number of aromatic nitrogens is 3. The number of carbonyl (C=O) groups excluding carboxylic acids is 1. The first kappa shape index (κ1) is 17.1.